The van der Waals surface area contributed by atoms with E-state index in [4.69, 9.17) is 0 Å². The number of nitro benzene ring substituents is 1. The number of aromatic nitrogens is 1. The van der Waals surface area contributed by atoms with Gasteiger partial charge < -0.3 is 0 Å². The summed E-state index contributed by atoms with van der Waals surface area (Å²) in [6, 6.07) is 14.7. The Morgan fingerprint density at radius 1 is 1.10 bits per heavy atom. The van der Waals surface area contributed by atoms with Gasteiger partial charge in [-0.05, 0) is 25.1 Å². The maximum atomic E-state index is 10.7. The van der Waals surface area contributed by atoms with Gasteiger partial charge in [0.1, 0.15) is 5.01 Å². The van der Waals surface area contributed by atoms with E-state index in [0.29, 0.717) is 0 Å². The van der Waals surface area contributed by atoms with Crippen LogP contribution in [0.5, 0.6) is 0 Å². The third-order valence-electron chi connectivity index (χ3n) is 3.14. The van der Waals surface area contributed by atoms with Crippen LogP contribution in [0.25, 0.3) is 21.8 Å². The molecular weight excluding hydrogens is 284 g/mol. The third-order valence-corrected chi connectivity index (χ3v) is 4.03. The molecule has 0 aliphatic heterocycles. The van der Waals surface area contributed by atoms with Gasteiger partial charge in [0.25, 0.3) is 5.69 Å². The van der Waals surface area contributed by atoms with Crippen molar-refractivity contribution >= 4 is 17.0 Å². The highest BCUT2D eigenvalue weighted by Crippen LogP contribution is 2.30. The minimum absolute atomic E-state index is 0.0906. The molecule has 0 bridgehead atoms. The van der Waals surface area contributed by atoms with Gasteiger partial charge in [-0.2, -0.15) is 0 Å². The van der Waals surface area contributed by atoms with Crippen molar-refractivity contribution in [3.63, 3.8) is 0 Å². The standard InChI is InChI=1S/C16H12N2O2S/c1-11-3-2-4-13(9-11)16-17-15(10-21-16)12-5-7-14(8-6-12)18(19)20/h2-10H,1H3. The quantitative estimate of drug-likeness (QED) is 0.520. The average molecular weight is 296 g/mol. The Morgan fingerprint density at radius 2 is 1.86 bits per heavy atom. The molecule has 2 aromatic carbocycles. The Morgan fingerprint density at radius 3 is 2.52 bits per heavy atom. The van der Waals surface area contributed by atoms with Crippen LogP contribution in [-0.4, -0.2) is 9.91 Å². The maximum absolute atomic E-state index is 10.7. The Balaban J connectivity index is 1.93. The summed E-state index contributed by atoms with van der Waals surface area (Å²) >= 11 is 1.57. The van der Waals surface area contributed by atoms with Crippen LogP contribution in [0.15, 0.2) is 53.9 Å². The van der Waals surface area contributed by atoms with E-state index < -0.39 is 4.92 Å². The molecule has 1 heterocycles. The summed E-state index contributed by atoms with van der Waals surface area (Å²) in [6.07, 6.45) is 0. The van der Waals surface area contributed by atoms with Crippen molar-refractivity contribution in [3.8, 4) is 21.8 Å². The summed E-state index contributed by atoms with van der Waals surface area (Å²) in [6.45, 7) is 2.05. The molecule has 104 valence electrons. The fraction of sp³-hybridized carbons (Fsp3) is 0.0625. The highest BCUT2D eigenvalue weighted by Gasteiger charge is 2.09. The zero-order valence-corrected chi connectivity index (χ0v) is 12.1. The highest BCUT2D eigenvalue weighted by atomic mass is 32.1. The first-order valence-electron chi connectivity index (χ1n) is 6.41. The number of nitrogens with zero attached hydrogens (tertiary/aromatic N) is 2. The molecule has 0 fully saturated rings. The van der Waals surface area contributed by atoms with Gasteiger partial charge in [-0.15, -0.1) is 11.3 Å². The molecule has 3 rings (SSSR count). The van der Waals surface area contributed by atoms with Gasteiger partial charge in [-0.25, -0.2) is 4.98 Å². The van der Waals surface area contributed by atoms with Crippen molar-refractivity contribution in [2.45, 2.75) is 6.92 Å². The lowest BCUT2D eigenvalue weighted by atomic mass is 10.1. The van der Waals surface area contributed by atoms with Crippen LogP contribution in [0.2, 0.25) is 0 Å². The van der Waals surface area contributed by atoms with Crippen LogP contribution < -0.4 is 0 Å². The average Bonchev–Trinajstić information content (AvgIpc) is 2.97. The molecule has 0 atom stereocenters. The van der Waals surface area contributed by atoms with E-state index in [-0.39, 0.29) is 5.69 Å². The van der Waals surface area contributed by atoms with Crippen molar-refractivity contribution in [1.29, 1.82) is 0 Å². The third kappa shape index (κ3) is 2.83. The van der Waals surface area contributed by atoms with Crippen LogP contribution in [0.1, 0.15) is 5.56 Å². The largest absolute Gasteiger partial charge is 0.269 e. The smallest absolute Gasteiger partial charge is 0.258 e. The molecule has 3 aromatic rings. The first kappa shape index (κ1) is 13.5. The second-order valence-electron chi connectivity index (χ2n) is 4.71. The normalized spacial score (nSPS) is 10.5. The Kier molecular flexibility index (Phi) is 3.50. The molecule has 0 radical (unpaired) electrons. The molecule has 4 nitrogen and oxygen atoms in total. The van der Waals surface area contributed by atoms with E-state index in [1.807, 2.05) is 30.5 Å². The monoisotopic (exact) mass is 296 g/mol. The molecule has 0 aliphatic carbocycles. The van der Waals surface area contributed by atoms with E-state index >= 15 is 0 Å². The number of hydrogen-bond donors (Lipinski definition) is 0. The number of aryl methyl sites for hydroxylation is 1. The zero-order valence-electron chi connectivity index (χ0n) is 11.3. The van der Waals surface area contributed by atoms with Crippen molar-refractivity contribution in [3.05, 3.63) is 69.6 Å². The van der Waals surface area contributed by atoms with Crippen molar-refractivity contribution in [1.82, 2.24) is 4.98 Å². The summed E-state index contributed by atoms with van der Waals surface area (Å²) in [4.78, 5) is 14.9. The SMILES string of the molecule is Cc1cccc(-c2nc(-c3ccc([N+](=O)[O-])cc3)cs2)c1. The summed E-state index contributed by atoms with van der Waals surface area (Å²) in [5.41, 5.74) is 4.10. The minimum atomic E-state index is -0.400. The fourth-order valence-electron chi connectivity index (χ4n) is 2.07. The molecule has 0 N–H and O–H groups in total. The molecule has 1 aromatic heterocycles. The topological polar surface area (TPSA) is 56.0 Å². The fourth-order valence-corrected chi connectivity index (χ4v) is 2.90. The summed E-state index contributed by atoms with van der Waals surface area (Å²) in [5, 5.41) is 13.6. The van der Waals surface area contributed by atoms with Crippen LogP contribution in [-0.2, 0) is 0 Å². The minimum Gasteiger partial charge on any atom is -0.258 e. The van der Waals surface area contributed by atoms with Gasteiger partial charge in [0.05, 0.1) is 10.6 Å². The van der Waals surface area contributed by atoms with Gasteiger partial charge in [0, 0.05) is 28.6 Å². The summed E-state index contributed by atoms with van der Waals surface area (Å²) in [5.74, 6) is 0. The lowest BCUT2D eigenvalue weighted by Crippen LogP contribution is -1.87. The number of benzene rings is 2. The van der Waals surface area contributed by atoms with Crippen LogP contribution in [0, 0.1) is 17.0 Å². The second-order valence-corrected chi connectivity index (χ2v) is 5.57. The van der Waals surface area contributed by atoms with Gasteiger partial charge in [0.2, 0.25) is 0 Å². The van der Waals surface area contributed by atoms with Crippen molar-refractivity contribution in [2.24, 2.45) is 0 Å². The van der Waals surface area contributed by atoms with E-state index in [2.05, 4.69) is 11.1 Å². The molecule has 0 aliphatic rings. The number of thiazole rings is 1. The van der Waals surface area contributed by atoms with E-state index in [1.165, 1.54) is 17.7 Å². The van der Waals surface area contributed by atoms with Gasteiger partial charge >= 0.3 is 0 Å². The highest BCUT2D eigenvalue weighted by molar-refractivity contribution is 7.13. The molecule has 21 heavy (non-hydrogen) atoms. The Hall–Kier alpha value is -2.53. The van der Waals surface area contributed by atoms with Gasteiger partial charge in [0.15, 0.2) is 0 Å². The first-order chi connectivity index (χ1) is 10.1. The summed E-state index contributed by atoms with van der Waals surface area (Å²) < 4.78 is 0. The van der Waals surface area contributed by atoms with E-state index in [1.54, 1.807) is 23.5 Å². The van der Waals surface area contributed by atoms with Crippen LogP contribution >= 0.6 is 11.3 Å². The lowest BCUT2D eigenvalue weighted by molar-refractivity contribution is -0.384. The second kappa shape index (κ2) is 5.46. The van der Waals surface area contributed by atoms with E-state index in [9.17, 15) is 10.1 Å². The first-order valence-corrected chi connectivity index (χ1v) is 7.29. The number of rotatable bonds is 3. The van der Waals surface area contributed by atoms with E-state index in [0.717, 1.165) is 21.8 Å². The van der Waals surface area contributed by atoms with Gasteiger partial charge in [-0.3, -0.25) is 10.1 Å². The number of non-ortho nitro benzene ring substituents is 1. The molecule has 0 saturated carbocycles. The number of nitro groups is 1. The maximum Gasteiger partial charge on any atom is 0.269 e. The predicted octanol–water partition coefficient (Wildman–Crippen LogP) is 4.69. The molecule has 0 amide bonds. The molecule has 0 spiro atoms. The van der Waals surface area contributed by atoms with Gasteiger partial charge in [-0.1, -0.05) is 23.8 Å². The predicted molar refractivity (Wildman–Crippen MR) is 84.4 cm³/mol. The Labute approximate surface area is 125 Å². The molecular formula is C16H12N2O2S. The van der Waals surface area contributed by atoms with Crippen LogP contribution in [0.3, 0.4) is 0 Å². The van der Waals surface area contributed by atoms with Crippen molar-refractivity contribution < 1.29 is 4.92 Å². The molecule has 5 heteroatoms. The van der Waals surface area contributed by atoms with Crippen molar-refractivity contribution in [2.75, 3.05) is 0 Å². The zero-order chi connectivity index (χ0) is 14.8. The molecule has 0 unspecified atom stereocenters. The molecule has 0 saturated heterocycles. The lowest BCUT2D eigenvalue weighted by Gasteiger charge is -1.98. The number of hydrogen-bond acceptors (Lipinski definition) is 4. The summed E-state index contributed by atoms with van der Waals surface area (Å²) in [7, 11) is 0. The Bertz CT molecular complexity index is 794. The van der Waals surface area contributed by atoms with Crippen LogP contribution in [0.4, 0.5) is 5.69 Å².